The number of fused-ring (bicyclic) bond motifs is 1. The van der Waals surface area contributed by atoms with Gasteiger partial charge in [-0.1, -0.05) is 18.2 Å². The fraction of sp³-hybridized carbons (Fsp3) is 0.381. The molecule has 0 bridgehead atoms. The molecule has 4 rings (SSSR count). The van der Waals surface area contributed by atoms with E-state index in [9.17, 15) is 9.90 Å². The molecule has 2 saturated heterocycles. The number of nitrogens with zero attached hydrogens (tertiary/aromatic N) is 1. The molecule has 2 atom stereocenters. The lowest BCUT2D eigenvalue weighted by Crippen LogP contribution is -2.41. The minimum atomic E-state index is -0.219. The Morgan fingerprint density at radius 1 is 1.19 bits per heavy atom. The summed E-state index contributed by atoms with van der Waals surface area (Å²) in [5.74, 6) is 1.68. The molecular weight excluding hydrogens is 344 g/mol. The number of aliphatic hydroxyl groups excluding tert-OH is 1. The van der Waals surface area contributed by atoms with Crippen LogP contribution in [0.2, 0.25) is 0 Å². The maximum Gasteiger partial charge on any atom is 0.321 e. The molecule has 2 aliphatic heterocycles. The monoisotopic (exact) mass is 368 g/mol. The van der Waals surface area contributed by atoms with Crippen molar-refractivity contribution in [2.45, 2.75) is 6.42 Å². The molecule has 2 amide bonds. The highest BCUT2D eigenvalue weighted by Crippen LogP contribution is 2.41. The normalized spacial score (nSPS) is 24.3. The van der Waals surface area contributed by atoms with E-state index < -0.39 is 0 Å². The molecule has 0 radical (unpaired) electrons. The molecule has 142 valence electrons. The maximum absolute atomic E-state index is 12.7. The van der Waals surface area contributed by atoms with Gasteiger partial charge >= 0.3 is 6.03 Å². The van der Waals surface area contributed by atoms with Crippen molar-refractivity contribution in [2.75, 3.05) is 38.2 Å². The van der Waals surface area contributed by atoms with Crippen molar-refractivity contribution in [1.29, 1.82) is 0 Å². The van der Waals surface area contributed by atoms with E-state index in [2.05, 4.69) is 5.32 Å². The zero-order chi connectivity index (χ0) is 18.7. The molecule has 0 aliphatic carbocycles. The number of para-hydroxylation sites is 1. The van der Waals surface area contributed by atoms with Crippen LogP contribution in [0.1, 0.15) is 6.42 Å². The second kappa shape index (κ2) is 7.58. The lowest BCUT2D eigenvalue weighted by molar-refractivity contribution is -0.0415. The second-order valence-electron chi connectivity index (χ2n) is 7.29. The molecule has 2 heterocycles. The summed E-state index contributed by atoms with van der Waals surface area (Å²) in [5.41, 5.74) is 0.493. The van der Waals surface area contributed by atoms with E-state index in [0.29, 0.717) is 37.7 Å². The van der Waals surface area contributed by atoms with Crippen LogP contribution in [-0.4, -0.2) is 48.9 Å². The van der Waals surface area contributed by atoms with Crippen LogP contribution in [0.5, 0.6) is 11.5 Å². The van der Waals surface area contributed by atoms with Gasteiger partial charge in [0, 0.05) is 36.7 Å². The first-order valence-electron chi connectivity index (χ1n) is 9.26. The number of likely N-dealkylation sites (tertiary alicyclic amines) is 1. The van der Waals surface area contributed by atoms with Crippen molar-refractivity contribution in [3.63, 3.8) is 0 Å². The maximum atomic E-state index is 12.7. The second-order valence-corrected chi connectivity index (χ2v) is 7.29. The molecule has 2 aliphatic rings. The van der Waals surface area contributed by atoms with Crippen LogP contribution in [0.3, 0.4) is 0 Å². The summed E-state index contributed by atoms with van der Waals surface area (Å²) < 4.78 is 11.3. The molecule has 0 aromatic heterocycles. The van der Waals surface area contributed by atoms with Crippen LogP contribution in [0, 0.1) is 11.3 Å². The molecule has 2 aromatic carbocycles. The topological polar surface area (TPSA) is 71.0 Å². The van der Waals surface area contributed by atoms with E-state index in [0.717, 1.165) is 12.2 Å². The van der Waals surface area contributed by atoms with Crippen LogP contribution < -0.4 is 10.1 Å². The van der Waals surface area contributed by atoms with Gasteiger partial charge in [-0.05, 0) is 42.8 Å². The number of carbonyl (C=O) groups excluding carboxylic acids is 1. The summed E-state index contributed by atoms with van der Waals surface area (Å²) in [6.07, 6.45) is 0.795. The molecule has 0 unspecified atom stereocenters. The minimum absolute atomic E-state index is 0.0936. The largest absolute Gasteiger partial charge is 0.457 e. The number of hydrogen-bond donors (Lipinski definition) is 2. The van der Waals surface area contributed by atoms with E-state index in [1.54, 1.807) is 4.90 Å². The van der Waals surface area contributed by atoms with Crippen molar-refractivity contribution in [3.05, 3.63) is 54.6 Å². The lowest BCUT2D eigenvalue weighted by Gasteiger charge is -2.36. The van der Waals surface area contributed by atoms with Crippen LogP contribution in [0.4, 0.5) is 10.5 Å². The Bertz CT molecular complexity index is 781. The molecule has 27 heavy (non-hydrogen) atoms. The summed E-state index contributed by atoms with van der Waals surface area (Å²) in [6, 6.07) is 16.7. The number of carbonyl (C=O) groups is 1. The van der Waals surface area contributed by atoms with Gasteiger partial charge in [0.2, 0.25) is 0 Å². The summed E-state index contributed by atoms with van der Waals surface area (Å²) in [7, 11) is 0. The number of benzene rings is 2. The van der Waals surface area contributed by atoms with Gasteiger partial charge in [-0.3, -0.25) is 0 Å². The van der Waals surface area contributed by atoms with E-state index in [1.165, 1.54) is 0 Å². The first kappa shape index (κ1) is 17.8. The average Bonchev–Trinajstić information content (AvgIpc) is 3.11. The van der Waals surface area contributed by atoms with Crippen molar-refractivity contribution in [1.82, 2.24) is 4.90 Å². The highest BCUT2D eigenvalue weighted by atomic mass is 16.5. The molecule has 2 N–H and O–H groups in total. The number of rotatable bonds is 4. The zero-order valence-electron chi connectivity index (χ0n) is 15.1. The SMILES string of the molecule is O=C(Nc1ccc(Oc2ccccc2)cc1)N1C[C@@H]2COCC[C@]2(CO)C1. The summed E-state index contributed by atoms with van der Waals surface area (Å²) >= 11 is 0. The lowest BCUT2D eigenvalue weighted by atomic mass is 9.75. The quantitative estimate of drug-likeness (QED) is 0.868. The van der Waals surface area contributed by atoms with Gasteiger partial charge in [0.1, 0.15) is 11.5 Å². The first-order chi connectivity index (χ1) is 13.2. The number of hydrogen-bond acceptors (Lipinski definition) is 4. The Kier molecular flexibility index (Phi) is 5.01. The number of aliphatic hydroxyl groups is 1. The summed E-state index contributed by atoms with van der Waals surface area (Å²) in [4.78, 5) is 14.4. The Morgan fingerprint density at radius 3 is 2.63 bits per heavy atom. The Hall–Kier alpha value is -2.57. The van der Waals surface area contributed by atoms with Crippen molar-refractivity contribution in [2.24, 2.45) is 11.3 Å². The standard InChI is InChI=1S/C21H24N2O4/c24-15-21-10-11-26-13-16(21)12-23(14-21)20(25)22-17-6-8-19(9-7-17)27-18-4-2-1-3-5-18/h1-9,16,24H,10-15H2,(H,22,25)/t16-,21-/m1/s1. The van der Waals surface area contributed by atoms with Gasteiger partial charge in [0.25, 0.3) is 0 Å². The van der Waals surface area contributed by atoms with Gasteiger partial charge in [-0.25, -0.2) is 4.79 Å². The third-order valence-electron chi connectivity index (χ3n) is 5.56. The fourth-order valence-electron chi connectivity index (χ4n) is 3.89. The van der Waals surface area contributed by atoms with Crippen molar-refractivity contribution >= 4 is 11.7 Å². The van der Waals surface area contributed by atoms with E-state index in [-0.39, 0.29) is 24.0 Å². The summed E-state index contributed by atoms with van der Waals surface area (Å²) in [6.45, 7) is 2.53. The van der Waals surface area contributed by atoms with Crippen LogP contribution >= 0.6 is 0 Å². The highest BCUT2D eigenvalue weighted by molar-refractivity contribution is 5.89. The predicted molar refractivity (Wildman–Crippen MR) is 102 cm³/mol. The first-order valence-corrected chi connectivity index (χ1v) is 9.26. The van der Waals surface area contributed by atoms with E-state index in [1.807, 2.05) is 54.6 Å². The number of amides is 2. The van der Waals surface area contributed by atoms with E-state index in [4.69, 9.17) is 9.47 Å². The third-order valence-corrected chi connectivity index (χ3v) is 5.56. The molecule has 0 saturated carbocycles. The smallest absolute Gasteiger partial charge is 0.321 e. The predicted octanol–water partition coefficient (Wildman–Crippen LogP) is 3.34. The Morgan fingerprint density at radius 2 is 1.93 bits per heavy atom. The van der Waals surface area contributed by atoms with Gasteiger partial charge in [0.15, 0.2) is 0 Å². The van der Waals surface area contributed by atoms with Crippen molar-refractivity contribution in [3.8, 4) is 11.5 Å². The molecule has 0 spiro atoms. The van der Waals surface area contributed by atoms with Gasteiger partial charge in [-0.2, -0.15) is 0 Å². The van der Waals surface area contributed by atoms with Crippen LogP contribution in [0.15, 0.2) is 54.6 Å². The van der Waals surface area contributed by atoms with Gasteiger partial charge in [0.05, 0.1) is 13.2 Å². The Labute approximate surface area is 158 Å². The Balaban J connectivity index is 1.37. The molecule has 6 heteroatoms. The van der Waals surface area contributed by atoms with Crippen LogP contribution in [0.25, 0.3) is 0 Å². The highest BCUT2D eigenvalue weighted by Gasteiger charge is 2.49. The summed E-state index contributed by atoms with van der Waals surface area (Å²) in [5, 5.41) is 12.8. The van der Waals surface area contributed by atoms with Gasteiger partial charge < -0.3 is 24.8 Å². The fourth-order valence-corrected chi connectivity index (χ4v) is 3.89. The number of ether oxygens (including phenoxy) is 2. The molecule has 2 aromatic rings. The van der Waals surface area contributed by atoms with E-state index >= 15 is 0 Å². The number of anilines is 1. The average molecular weight is 368 g/mol. The minimum Gasteiger partial charge on any atom is -0.457 e. The third kappa shape index (κ3) is 3.77. The van der Waals surface area contributed by atoms with Crippen LogP contribution in [-0.2, 0) is 4.74 Å². The molecule has 2 fully saturated rings. The zero-order valence-corrected chi connectivity index (χ0v) is 15.1. The molecule has 6 nitrogen and oxygen atoms in total. The molecular formula is C21H24N2O4. The van der Waals surface area contributed by atoms with Crippen molar-refractivity contribution < 1.29 is 19.4 Å². The number of urea groups is 1. The number of nitrogens with one attached hydrogen (secondary N) is 1. The van der Waals surface area contributed by atoms with Gasteiger partial charge in [-0.15, -0.1) is 0 Å².